The third-order valence-corrected chi connectivity index (χ3v) is 4.00. The van der Waals surface area contributed by atoms with E-state index in [-0.39, 0.29) is 18.3 Å². The van der Waals surface area contributed by atoms with Crippen molar-refractivity contribution in [2.45, 2.75) is 25.8 Å². The zero-order chi connectivity index (χ0) is 13.2. The number of nitrogens with zero attached hydrogens (tertiary/aromatic N) is 2. The van der Waals surface area contributed by atoms with Crippen molar-refractivity contribution in [2.75, 3.05) is 31.5 Å². The van der Waals surface area contributed by atoms with Crippen LogP contribution >= 0.6 is 12.4 Å². The number of aromatic nitrogens is 1. The predicted octanol–water partition coefficient (Wildman–Crippen LogP) is 1.03. The minimum absolute atomic E-state index is 0. The van der Waals surface area contributed by atoms with Crippen LogP contribution in [-0.4, -0.2) is 48.2 Å². The van der Waals surface area contributed by atoms with Crippen molar-refractivity contribution in [3.05, 3.63) is 11.8 Å². The first-order valence-electron chi connectivity index (χ1n) is 6.89. The van der Waals surface area contributed by atoms with Crippen LogP contribution in [0.15, 0.2) is 10.6 Å². The summed E-state index contributed by atoms with van der Waals surface area (Å²) in [5.41, 5.74) is 0.771. The number of carbonyl (C=O) groups excluding carboxylic acids is 1. The lowest BCUT2D eigenvalue weighted by molar-refractivity contribution is -0.117. The van der Waals surface area contributed by atoms with Crippen molar-refractivity contribution in [1.29, 1.82) is 0 Å². The number of nitrogens with one attached hydrogen (secondary N) is 2. The van der Waals surface area contributed by atoms with Crippen LogP contribution in [0.2, 0.25) is 0 Å². The molecule has 1 aromatic heterocycles. The highest BCUT2D eigenvalue weighted by molar-refractivity contribution is 5.90. The molecular formula is C13H21ClN4O2. The Morgan fingerprint density at radius 3 is 3.20 bits per heavy atom. The maximum Gasteiger partial charge on any atom is 0.240 e. The van der Waals surface area contributed by atoms with Crippen LogP contribution in [0, 0.1) is 12.8 Å². The molecular weight excluding hydrogens is 280 g/mol. The third kappa shape index (κ3) is 3.50. The Labute approximate surface area is 124 Å². The van der Waals surface area contributed by atoms with Crippen molar-refractivity contribution in [3.63, 3.8) is 0 Å². The van der Waals surface area contributed by atoms with E-state index in [1.807, 2.05) is 6.92 Å². The molecule has 3 rings (SSSR count). The molecule has 0 aromatic carbocycles. The maximum absolute atomic E-state index is 11.9. The van der Waals surface area contributed by atoms with Crippen LogP contribution in [0.3, 0.4) is 0 Å². The Bertz CT molecular complexity index is 465. The van der Waals surface area contributed by atoms with Crippen LogP contribution in [0.25, 0.3) is 0 Å². The topological polar surface area (TPSA) is 70.4 Å². The molecule has 2 atom stereocenters. The second kappa shape index (κ2) is 6.56. The minimum Gasteiger partial charge on any atom is -0.338 e. The van der Waals surface area contributed by atoms with Gasteiger partial charge in [-0.25, -0.2) is 0 Å². The van der Waals surface area contributed by atoms with Gasteiger partial charge in [-0.2, -0.15) is 0 Å². The zero-order valence-electron chi connectivity index (χ0n) is 11.6. The molecule has 2 fully saturated rings. The van der Waals surface area contributed by atoms with Crippen LogP contribution in [0.5, 0.6) is 0 Å². The maximum atomic E-state index is 11.9. The van der Waals surface area contributed by atoms with Gasteiger partial charge in [0.1, 0.15) is 0 Å². The lowest BCUT2D eigenvalue weighted by atomic mass is 9.93. The van der Waals surface area contributed by atoms with Crippen molar-refractivity contribution >= 4 is 24.2 Å². The van der Waals surface area contributed by atoms with Crippen molar-refractivity contribution in [3.8, 4) is 0 Å². The van der Waals surface area contributed by atoms with Gasteiger partial charge >= 0.3 is 0 Å². The second-order valence-corrected chi connectivity index (χ2v) is 5.51. The molecule has 112 valence electrons. The molecule has 0 aliphatic carbocycles. The summed E-state index contributed by atoms with van der Waals surface area (Å²) in [6, 6.07) is 2.39. The van der Waals surface area contributed by atoms with Gasteiger partial charge < -0.3 is 9.84 Å². The van der Waals surface area contributed by atoms with E-state index < -0.39 is 0 Å². The smallest absolute Gasteiger partial charge is 0.240 e. The molecule has 1 amide bonds. The third-order valence-electron chi connectivity index (χ3n) is 4.00. The fraction of sp³-hybridized carbons (Fsp3) is 0.692. The molecule has 0 saturated carbocycles. The summed E-state index contributed by atoms with van der Waals surface area (Å²) < 4.78 is 4.98. The van der Waals surface area contributed by atoms with Gasteiger partial charge in [0, 0.05) is 25.2 Å². The SMILES string of the molecule is Cc1cc(NC(=O)CN2CCC3NCCC3C2)on1.Cl. The number of halogens is 1. The lowest BCUT2D eigenvalue weighted by Gasteiger charge is -2.34. The Balaban J connectivity index is 0.00000147. The fourth-order valence-electron chi connectivity index (χ4n) is 3.07. The Hall–Kier alpha value is -1.11. The first-order valence-corrected chi connectivity index (χ1v) is 6.89. The molecule has 7 heteroatoms. The largest absolute Gasteiger partial charge is 0.338 e. The predicted molar refractivity (Wildman–Crippen MR) is 78.1 cm³/mol. The van der Waals surface area contributed by atoms with E-state index >= 15 is 0 Å². The summed E-state index contributed by atoms with van der Waals surface area (Å²) in [4.78, 5) is 14.2. The van der Waals surface area contributed by atoms with E-state index in [4.69, 9.17) is 4.52 Å². The number of hydrogen-bond acceptors (Lipinski definition) is 5. The molecule has 2 unspecified atom stereocenters. The molecule has 0 bridgehead atoms. The highest BCUT2D eigenvalue weighted by atomic mass is 35.5. The van der Waals surface area contributed by atoms with Crippen molar-refractivity contribution in [1.82, 2.24) is 15.4 Å². The summed E-state index contributed by atoms with van der Waals surface area (Å²) in [6.07, 6.45) is 2.36. The molecule has 20 heavy (non-hydrogen) atoms. The van der Waals surface area contributed by atoms with Crippen LogP contribution < -0.4 is 10.6 Å². The molecule has 2 N–H and O–H groups in total. The molecule has 6 nitrogen and oxygen atoms in total. The monoisotopic (exact) mass is 300 g/mol. The van der Waals surface area contributed by atoms with Gasteiger partial charge in [0.15, 0.2) is 0 Å². The van der Waals surface area contributed by atoms with Gasteiger partial charge in [-0.05, 0) is 32.2 Å². The van der Waals surface area contributed by atoms with E-state index in [1.165, 1.54) is 6.42 Å². The van der Waals surface area contributed by atoms with E-state index in [9.17, 15) is 4.79 Å². The number of hydrogen-bond donors (Lipinski definition) is 2. The number of carbonyl (C=O) groups is 1. The normalized spacial score (nSPS) is 25.9. The number of anilines is 1. The summed E-state index contributed by atoms with van der Waals surface area (Å²) in [5, 5.41) is 10.0. The average Bonchev–Trinajstić information content (AvgIpc) is 2.97. The average molecular weight is 301 g/mol. The minimum atomic E-state index is -0.0273. The van der Waals surface area contributed by atoms with Gasteiger partial charge in [0.25, 0.3) is 0 Å². The number of fused-ring (bicyclic) bond motifs is 1. The van der Waals surface area contributed by atoms with Crippen LogP contribution in [-0.2, 0) is 4.79 Å². The molecule has 2 aliphatic rings. The number of piperidine rings is 1. The number of aryl methyl sites for hydroxylation is 1. The molecule has 3 heterocycles. The second-order valence-electron chi connectivity index (χ2n) is 5.51. The van der Waals surface area contributed by atoms with Gasteiger partial charge in [-0.3, -0.25) is 15.0 Å². The Kier molecular flexibility index (Phi) is 5.01. The lowest BCUT2D eigenvalue weighted by Crippen LogP contribution is -2.46. The molecule has 2 aliphatic heterocycles. The molecule has 0 radical (unpaired) electrons. The highest BCUT2D eigenvalue weighted by Gasteiger charge is 2.32. The zero-order valence-corrected chi connectivity index (χ0v) is 12.4. The summed E-state index contributed by atoms with van der Waals surface area (Å²) >= 11 is 0. The van der Waals surface area contributed by atoms with Gasteiger partial charge in [-0.15, -0.1) is 12.4 Å². The Morgan fingerprint density at radius 2 is 2.45 bits per heavy atom. The van der Waals surface area contributed by atoms with Crippen LogP contribution in [0.4, 0.5) is 5.88 Å². The number of likely N-dealkylation sites (tertiary alicyclic amines) is 1. The highest BCUT2D eigenvalue weighted by Crippen LogP contribution is 2.24. The van der Waals surface area contributed by atoms with Crippen molar-refractivity contribution in [2.24, 2.45) is 5.92 Å². The van der Waals surface area contributed by atoms with E-state index in [0.29, 0.717) is 24.4 Å². The quantitative estimate of drug-likeness (QED) is 0.872. The van der Waals surface area contributed by atoms with Gasteiger partial charge in [0.05, 0.1) is 12.2 Å². The Morgan fingerprint density at radius 1 is 1.60 bits per heavy atom. The van der Waals surface area contributed by atoms with E-state index in [2.05, 4.69) is 20.7 Å². The fourth-order valence-corrected chi connectivity index (χ4v) is 3.07. The van der Waals surface area contributed by atoms with Crippen molar-refractivity contribution < 1.29 is 9.32 Å². The standard InChI is InChI=1S/C13H20N4O2.ClH/c1-9-6-13(19-16-9)15-12(18)8-17-5-3-11-10(7-17)2-4-14-11;/h6,10-11,14H,2-5,7-8H2,1H3,(H,15,18);1H. The first kappa shape index (κ1) is 15.3. The first-order chi connectivity index (χ1) is 9.20. The van der Waals surface area contributed by atoms with Gasteiger partial charge in [-0.1, -0.05) is 5.16 Å². The van der Waals surface area contributed by atoms with Crippen LogP contribution in [0.1, 0.15) is 18.5 Å². The summed E-state index contributed by atoms with van der Waals surface area (Å²) in [7, 11) is 0. The number of rotatable bonds is 3. The molecule has 0 spiro atoms. The summed E-state index contributed by atoms with van der Waals surface area (Å²) in [6.45, 7) is 5.38. The van der Waals surface area contributed by atoms with E-state index in [1.54, 1.807) is 6.07 Å². The summed E-state index contributed by atoms with van der Waals surface area (Å²) in [5.74, 6) is 1.11. The number of amides is 1. The van der Waals surface area contributed by atoms with E-state index in [0.717, 1.165) is 31.7 Å². The van der Waals surface area contributed by atoms with Gasteiger partial charge in [0.2, 0.25) is 11.8 Å². The molecule has 2 saturated heterocycles. The molecule has 1 aromatic rings.